The first-order valence-electron chi connectivity index (χ1n) is 7.16. The van der Waals surface area contributed by atoms with Crippen LogP contribution in [0.25, 0.3) is 0 Å². The van der Waals surface area contributed by atoms with Crippen molar-refractivity contribution in [3.63, 3.8) is 0 Å². The molecule has 4 heteroatoms. The Hall–Kier alpha value is -1.16. The van der Waals surface area contributed by atoms with Gasteiger partial charge in [-0.25, -0.2) is 9.38 Å². The van der Waals surface area contributed by atoms with Gasteiger partial charge in [-0.2, -0.15) is 0 Å². The van der Waals surface area contributed by atoms with E-state index in [0.717, 1.165) is 38.0 Å². The topological polar surface area (TPSA) is 47.6 Å². The third-order valence-corrected chi connectivity index (χ3v) is 4.60. The van der Waals surface area contributed by atoms with Crippen molar-refractivity contribution in [2.45, 2.75) is 32.6 Å². The van der Waals surface area contributed by atoms with Crippen LogP contribution in [0.1, 0.15) is 32.6 Å². The van der Waals surface area contributed by atoms with E-state index in [9.17, 15) is 4.39 Å². The highest BCUT2D eigenvalue weighted by molar-refractivity contribution is 6.02. The molecule has 1 saturated heterocycles. The molecule has 3 atom stereocenters. The number of nitrogens with two attached hydrogens (primary N) is 1. The van der Waals surface area contributed by atoms with Crippen LogP contribution in [0.5, 0.6) is 0 Å². The summed E-state index contributed by atoms with van der Waals surface area (Å²) in [7, 11) is 0. The maximum atomic E-state index is 14.2. The van der Waals surface area contributed by atoms with Gasteiger partial charge in [0.25, 0.3) is 0 Å². The zero-order valence-electron chi connectivity index (χ0n) is 11.4. The highest BCUT2D eigenvalue weighted by Crippen LogP contribution is 2.54. The molecule has 1 aliphatic carbocycles. The van der Waals surface area contributed by atoms with Crippen molar-refractivity contribution in [1.29, 1.82) is 0 Å². The maximum Gasteiger partial charge on any atom is 0.141 e. The number of hydrogen-bond donors (Lipinski definition) is 1. The summed E-state index contributed by atoms with van der Waals surface area (Å²) in [6.07, 6.45) is 5.21. The van der Waals surface area contributed by atoms with Gasteiger partial charge in [0.1, 0.15) is 11.6 Å². The molecule has 0 aromatic heterocycles. The highest BCUT2D eigenvalue weighted by atomic mass is 19.1. The lowest BCUT2D eigenvalue weighted by molar-refractivity contribution is 0.135. The largest absolute Gasteiger partial charge is 0.384 e. The van der Waals surface area contributed by atoms with Crippen LogP contribution in [0.3, 0.4) is 0 Å². The Balaban J connectivity index is 1.87. The van der Waals surface area contributed by atoms with E-state index in [0.29, 0.717) is 29.8 Å². The molecule has 104 valence electrons. The number of rotatable bonds is 1. The van der Waals surface area contributed by atoms with E-state index < -0.39 is 0 Å². The Kier molecular flexibility index (Phi) is 3.44. The van der Waals surface area contributed by atoms with Crippen molar-refractivity contribution in [1.82, 2.24) is 0 Å². The van der Waals surface area contributed by atoms with E-state index in [2.05, 4.69) is 4.99 Å². The van der Waals surface area contributed by atoms with Gasteiger partial charge in [0.15, 0.2) is 0 Å². The lowest BCUT2D eigenvalue weighted by Crippen LogP contribution is -2.13. The van der Waals surface area contributed by atoms with Gasteiger partial charge >= 0.3 is 0 Å². The van der Waals surface area contributed by atoms with Crippen LogP contribution in [0.4, 0.5) is 4.39 Å². The lowest BCUT2D eigenvalue weighted by Gasteiger charge is -2.11. The van der Waals surface area contributed by atoms with Crippen LogP contribution in [-0.4, -0.2) is 18.9 Å². The zero-order valence-corrected chi connectivity index (χ0v) is 11.4. The van der Waals surface area contributed by atoms with Crippen molar-refractivity contribution >= 4 is 5.71 Å². The van der Waals surface area contributed by atoms with Gasteiger partial charge in [0, 0.05) is 19.1 Å². The molecule has 2 aliphatic heterocycles. The summed E-state index contributed by atoms with van der Waals surface area (Å²) in [5.41, 5.74) is 7.61. The maximum absolute atomic E-state index is 14.2. The minimum absolute atomic E-state index is 0.158. The summed E-state index contributed by atoms with van der Waals surface area (Å²) >= 11 is 0. The second kappa shape index (κ2) is 5.08. The predicted molar refractivity (Wildman–Crippen MR) is 73.3 cm³/mol. The zero-order chi connectivity index (χ0) is 13.4. The Morgan fingerprint density at radius 1 is 1.32 bits per heavy atom. The molecule has 0 aromatic rings. The molecule has 3 nitrogen and oxygen atoms in total. The average molecular weight is 264 g/mol. The number of nitrogens with zero attached hydrogens (tertiary/aromatic N) is 1. The number of aliphatic imine (C=N–C) groups is 1. The summed E-state index contributed by atoms with van der Waals surface area (Å²) in [6.45, 7) is 3.56. The van der Waals surface area contributed by atoms with E-state index >= 15 is 0 Å². The molecule has 3 rings (SSSR count). The van der Waals surface area contributed by atoms with E-state index in [1.165, 1.54) is 0 Å². The molecule has 0 aromatic carbocycles. The summed E-state index contributed by atoms with van der Waals surface area (Å²) in [5.74, 6) is 1.68. The summed E-state index contributed by atoms with van der Waals surface area (Å²) in [6, 6.07) is 0. The standard InChI is InChI=1S/C15H21FN2O/c1-9-3-2-4-12(16)14(18-15(9)17)13-10-5-7-19-8-6-11(10)13/h4,10-11,13H,2-3,5-8,17H2,1H3/t10-,11?,13?/m0/s1. The van der Waals surface area contributed by atoms with Crippen molar-refractivity contribution < 1.29 is 9.13 Å². The number of fused-ring (bicyclic) bond motifs is 1. The normalized spacial score (nSPS) is 35.6. The first kappa shape index (κ1) is 12.9. The Labute approximate surface area is 113 Å². The van der Waals surface area contributed by atoms with Crippen molar-refractivity contribution in [2.75, 3.05) is 13.2 Å². The molecule has 3 aliphatic rings. The predicted octanol–water partition coefficient (Wildman–Crippen LogP) is 2.94. The van der Waals surface area contributed by atoms with Gasteiger partial charge in [-0.1, -0.05) is 0 Å². The third kappa shape index (κ3) is 2.46. The van der Waals surface area contributed by atoms with Crippen molar-refractivity contribution in [3.05, 3.63) is 23.3 Å². The van der Waals surface area contributed by atoms with E-state index in [1.807, 2.05) is 6.92 Å². The van der Waals surface area contributed by atoms with E-state index in [4.69, 9.17) is 10.5 Å². The number of hydrogen-bond acceptors (Lipinski definition) is 3. The average Bonchev–Trinajstić information content (AvgIpc) is 3.09. The van der Waals surface area contributed by atoms with Gasteiger partial charge in [-0.05, 0) is 56.1 Å². The van der Waals surface area contributed by atoms with Gasteiger partial charge < -0.3 is 10.5 Å². The van der Waals surface area contributed by atoms with Crippen LogP contribution >= 0.6 is 0 Å². The van der Waals surface area contributed by atoms with Crippen LogP contribution in [0, 0.1) is 17.8 Å². The minimum atomic E-state index is -0.158. The van der Waals surface area contributed by atoms with Crippen LogP contribution in [0.2, 0.25) is 0 Å². The Morgan fingerprint density at radius 3 is 2.68 bits per heavy atom. The fraction of sp³-hybridized carbons (Fsp3) is 0.667. The summed E-state index contributed by atoms with van der Waals surface area (Å²) < 4.78 is 19.7. The van der Waals surface area contributed by atoms with E-state index in [-0.39, 0.29) is 11.7 Å². The van der Waals surface area contributed by atoms with Crippen LogP contribution < -0.4 is 5.73 Å². The molecule has 0 bridgehead atoms. The van der Waals surface area contributed by atoms with Crippen LogP contribution in [-0.2, 0) is 4.74 Å². The molecular formula is C15H21FN2O. The molecule has 2 N–H and O–H groups in total. The van der Waals surface area contributed by atoms with Gasteiger partial charge in [-0.3, -0.25) is 0 Å². The molecule has 2 fully saturated rings. The van der Waals surface area contributed by atoms with Gasteiger partial charge in [-0.15, -0.1) is 0 Å². The highest BCUT2D eigenvalue weighted by Gasteiger charge is 2.53. The first-order valence-corrected chi connectivity index (χ1v) is 7.16. The van der Waals surface area contributed by atoms with Crippen LogP contribution in [0.15, 0.2) is 28.3 Å². The molecular weight excluding hydrogens is 243 g/mol. The van der Waals surface area contributed by atoms with E-state index in [1.54, 1.807) is 6.08 Å². The first-order chi connectivity index (χ1) is 9.18. The monoisotopic (exact) mass is 264 g/mol. The molecule has 0 spiro atoms. The Morgan fingerprint density at radius 2 is 2.00 bits per heavy atom. The lowest BCUT2D eigenvalue weighted by atomic mass is 10.1. The number of halogens is 1. The summed E-state index contributed by atoms with van der Waals surface area (Å²) in [4.78, 5) is 4.40. The number of ether oxygens (including phenoxy) is 1. The minimum Gasteiger partial charge on any atom is -0.384 e. The molecule has 0 amide bonds. The third-order valence-electron chi connectivity index (χ3n) is 4.60. The van der Waals surface area contributed by atoms with Gasteiger partial charge in [0.05, 0.1) is 5.71 Å². The second-order valence-corrected chi connectivity index (χ2v) is 5.80. The molecule has 0 radical (unpaired) electrons. The molecule has 2 heterocycles. The van der Waals surface area contributed by atoms with Crippen molar-refractivity contribution in [2.24, 2.45) is 28.5 Å². The quantitative estimate of drug-likeness (QED) is 0.791. The SMILES string of the molecule is CC1=C(N)N=C(C2C3CCOCC[C@@H]32)C(F)=CCC1. The van der Waals surface area contributed by atoms with Gasteiger partial charge in [0.2, 0.25) is 0 Å². The molecule has 19 heavy (non-hydrogen) atoms. The molecule has 2 unspecified atom stereocenters. The Bertz CT molecular complexity index is 455. The fourth-order valence-electron chi connectivity index (χ4n) is 3.34. The second-order valence-electron chi connectivity index (χ2n) is 5.80. The van der Waals surface area contributed by atoms with Crippen molar-refractivity contribution in [3.8, 4) is 0 Å². The smallest absolute Gasteiger partial charge is 0.141 e. The number of allylic oxidation sites excluding steroid dienone is 3. The molecule has 1 saturated carbocycles. The fourth-order valence-corrected chi connectivity index (χ4v) is 3.34. The summed E-state index contributed by atoms with van der Waals surface area (Å²) in [5, 5.41) is 0.